The van der Waals surface area contributed by atoms with Crippen LogP contribution in [-0.2, 0) is 11.2 Å². The number of aromatic amines is 1. The number of carbonyl (C=O) groups excluding carboxylic acids is 1. The van der Waals surface area contributed by atoms with E-state index in [-0.39, 0.29) is 5.91 Å². The highest BCUT2D eigenvalue weighted by atomic mass is 35.5. The molecule has 0 unspecified atom stereocenters. The van der Waals surface area contributed by atoms with Gasteiger partial charge in [0.15, 0.2) is 0 Å². The Morgan fingerprint density at radius 2 is 1.76 bits per heavy atom. The van der Waals surface area contributed by atoms with Gasteiger partial charge in [-0.3, -0.25) is 4.79 Å². The molecule has 5 aromatic rings. The minimum absolute atomic E-state index is 0.0412. The molecule has 0 aliphatic carbocycles. The number of benzene rings is 3. The first kappa shape index (κ1) is 21.5. The summed E-state index contributed by atoms with van der Waals surface area (Å²) in [5, 5.41) is 6.34. The van der Waals surface area contributed by atoms with E-state index in [1.807, 2.05) is 54.6 Å². The van der Waals surface area contributed by atoms with Crippen molar-refractivity contribution in [3.8, 4) is 11.4 Å². The van der Waals surface area contributed by atoms with Gasteiger partial charge < -0.3 is 10.3 Å². The van der Waals surface area contributed by atoms with Crippen LogP contribution < -0.4 is 5.32 Å². The lowest BCUT2D eigenvalue weighted by Crippen LogP contribution is -2.11. The molecule has 0 aliphatic heterocycles. The van der Waals surface area contributed by atoms with Gasteiger partial charge in [0.05, 0.1) is 16.9 Å². The first-order valence-electron chi connectivity index (χ1n) is 10.8. The van der Waals surface area contributed by atoms with E-state index in [2.05, 4.69) is 22.4 Å². The minimum Gasteiger partial charge on any atom is -0.353 e. The molecule has 6 heteroatoms. The zero-order chi connectivity index (χ0) is 22.8. The predicted molar refractivity (Wildman–Crippen MR) is 137 cm³/mol. The molecule has 0 atom stereocenters. The van der Waals surface area contributed by atoms with Crippen LogP contribution in [0.2, 0.25) is 10.0 Å². The summed E-state index contributed by atoms with van der Waals surface area (Å²) in [6.45, 7) is 0. The highest BCUT2D eigenvalue weighted by Gasteiger charge is 2.16. The van der Waals surface area contributed by atoms with Crippen molar-refractivity contribution in [2.75, 3.05) is 5.32 Å². The van der Waals surface area contributed by atoms with Crippen molar-refractivity contribution in [2.24, 2.45) is 0 Å². The maximum Gasteiger partial charge on any atom is 0.224 e. The maximum absolute atomic E-state index is 12.5. The first-order chi connectivity index (χ1) is 16.1. The van der Waals surface area contributed by atoms with Crippen molar-refractivity contribution in [3.05, 3.63) is 94.5 Å². The first-order valence-corrected chi connectivity index (χ1v) is 11.5. The number of anilines is 1. The summed E-state index contributed by atoms with van der Waals surface area (Å²) < 4.78 is 0. The fraction of sp³-hybridized carbons (Fsp3) is 0.111. The summed E-state index contributed by atoms with van der Waals surface area (Å²) >= 11 is 12.3. The molecule has 3 aromatic carbocycles. The lowest BCUT2D eigenvalue weighted by atomic mass is 10.0. The smallest absolute Gasteiger partial charge is 0.224 e. The van der Waals surface area contributed by atoms with E-state index in [1.165, 1.54) is 0 Å². The molecule has 164 valence electrons. The van der Waals surface area contributed by atoms with Gasteiger partial charge in [-0.1, -0.05) is 53.5 Å². The standard InChI is InChI=1S/C27H21Cl2N3O/c28-18-6-3-7-20(15-18)30-26(33)10-4-8-21-22-16-19(29)12-14-24(22)32-27(21)25-13-11-17-5-1-2-9-23(17)31-25/h1-3,5-7,9,11-16,32H,4,8,10H2,(H,30,33). The Balaban J connectivity index is 1.41. The zero-order valence-corrected chi connectivity index (χ0v) is 19.3. The van der Waals surface area contributed by atoms with Crippen LogP contribution in [0.5, 0.6) is 0 Å². The number of hydrogen-bond donors (Lipinski definition) is 2. The SMILES string of the molecule is O=C(CCCc1c(-c2ccc3ccccc3n2)[nH]c2ccc(Cl)cc12)Nc1cccc(Cl)c1. The van der Waals surface area contributed by atoms with Gasteiger partial charge in [0.2, 0.25) is 5.91 Å². The normalized spacial score (nSPS) is 11.2. The molecule has 0 saturated carbocycles. The van der Waals surface area contributed by atoms with Crippen LogP contribution in [0.25, 0.3) is 33.2 Å². The van der Waals surface area contributed by atoms with Gasteiger partial charge >= 0.3 is 0 Å². The second kappa shape index (κ2) is 9.26. The molecule has 0 saturated heterocycles. The summed E-state index contributed by atoms with van der Waals surface area (Å²) in [4.78, 5) is 20.9. The quantitative estimate of drug-likeness (QED) is 0.266. The summed E-state index contributed by atoms with van der Waals surface area (Å²) in [7, 11) is 0. The van der Waals surface area contributed by atoms with Gasteiger partial charge in [-0.05, 0) is 66.9 Å². The van der Waals surface area contributed by atoms with Crippen LogP contribution in [0, 0.1) is 0 Å². The Morgan fingerprint density at radius 3 is 2.64 bits per heavy atom. The van der Waals surface area contributed by atoms with Crippen molar-refractivity contribution in [3.63, 3.8) is 0 Å². The number of hydrogen-bond acceptors (Lipinski definition) is 2. The number of H-pyrrole nitrogens is 1. The fourth-order valence-electron chi connectivity index (χ4n) is 4.12. The molecule has 33 heavy (non-hydrogen) atoms. The topological polar surface area (TPSA) is 57.8 Å². The average molecular weight is 474 g/mol. The molecule has 5 rings (SSSR count). The number of aryl methyl sites for hydroxylation is 1. The van der Waals surface area contributed by atoms with Gasteiger partial charge in [0.25, 0.3) is 0 Å². The van der Waals surface area contributed by atoms with Crippen LogP contribution in [0.15, 0.2) is 78.9 Å². The van der Waals surface area contributed by atoms with Crippen molar-refractivity contribution >= 4 is 56.6 Å². The summed E-state index contributed by atoms with van der Waals surface area (Å²) in [5.74, 6) is -0.0412. The molecule has 0 radical (unpaired) electrons. The van der Waals surface area contributed by atoms with Crippen molar-refractivity contribution in [2.45, 2.75) is 19.3 Å². The molecule has 2 heterocycles. The number of halogens is 2. The molecule has 0 spiro atoms. The Hall–Kier alpha value is -3.34. The number of nitrogens with zero attached hydrogens (tertiary/aromatic N) is 1. The van der Waals surface area contributed by atoms with Gasteiger partial charge in [0.1, 0.15) is 0 Å². The third kappa shape index (κ3) is 4.72. The molecule has 0 aliphatic rings. The molecule has 2 N–H and O–H groups in total. The average Bonchev–Trinajstić information content (AvgIpc) is 3.16. The number of rotatable bonds is 6. The van der Waals surface area contributed by atoms with Crippen molar-refractivity contribution in [1.82, 2.24) is 9.97 Å². The zero-order valence-electron chi connectivity index (χ0n) is 17.7. The lowest BCUT2D eigenvalue weighted by molar-refractivity contribution is -0.116. The lowest BCUT2D eigenvalue weighted by Gasteiger charge is -2.08. The van der Waals surface area contributed by atoms with Crippen LogP contribution >= 0.6 is 23.2 Å². The van der Waals surface area contributed by atoms with E-state index in [0.717, 1.165) is 38.8 Å². The highest BCUT2D eigenvalue weighted by Crippen LogP contribution is 2.33. The number of aromatic nitrogens is 2. The molecule has 4 nitrogen and oxygen atoms in total. The van der Waals surface area contributed by atoms with Crippen LogP contribution in [0.3, 0.4) is 0 Å². The van der Waals surface area contributed by atoms with Crippen molar-refractivity contribution in [1.29, 1.82) is 0 Å². The van der Waals surface area contributed by atoms with Gasteiger partial charge in [-0.25, -0.2) is 4.98 Å². The van der Waals surface area contributed by atoms with E-state index in [4.69, 9.17) is 28.2 Å². The molecular formula is C27H21Cl2N3O. The van der Waals surface area contributed by atoms with E-state index < -0.39 is 0 Å². The molecule has 0 bridgehead atoms. The molecule has 1 amide bonds. The predicted octanol–water partition coefficient (Wildman–Crippen LogP) is 7.65. The van der Waals surface area contributed by atoms with Gasteiger partial charge in [-0.2, -0.15) is 0 Å². The second-order valence-electron chi connectivity index (χ2n) is 7.97. The van der Waals surface area contributed by atoms with E-state index in [0.29, 0.717) is 35.0 Å². The third-order valence-corrected chi connectivity index (χ3v) is 6.13. The maximum atomic E-state index is 12.5. The minimum atomic E-state index is -0.0412. The van der Waals surface area contributed by atoms with E-state index in [9.17, 15) is 4.79 Å². The number of amides is 1. The second-order valence-corrected chi connectivity index (χ2v) is 8.84. The Labute approximate surface area is 201 Å². The van der Waals surface area contributed by atoms with Crippen LogP contribution in [0.1, 0.15) is 18.4 Å². The molecular weight excluding hydrogens is 453 g/mol. The monoisotopic (exact) mass is 473 g/mol. The summed E-state index contributed by atoms with van der Waals surface area (Å²) in [6.07, 6.45) is 1.80. The van der Waals surface area contributed by atoms with Crippen LogP contribution in [-0.4, -0.2) is 15.9 Å². The number of para-hydroxylation sites is 1. The number of nitrogens with one attached hydrogen (secondary N) is 2. The summed E-state index contributed by atoms with van der Waals surface area (Å²) in [6, 6.07) is 25.2. The Morgan fingerprint density at radius 1 is 0.909 bits per heavy atom. The van der Waals surface area contributed by atoms with Gasteiger partial charge in [-0.15, -0.1) is 0 Å². The van der Waals surface area contributed by atoms with Gasteiger partial charge in [0, 0.05) is 38.4 Å². The largest absolute Gasteiger partial charge is 0.353 e. The van der Waals surface area contributed by atoms with Crippen LogP contribution in [0.4, 0.5) is 5.69 Å². The number of fused-ring (bicyclic) bond motifs is 2. The molecule has 0 fully saturated rings. The third-order valence-electron chi connectivity index (χ3n) is 5.66. The number of carbonyl (C=O) groups is 1. The Kier molecular flexibility index (Phi) is 6.03. The fourth-order valence-corrected chi connectivity index (χ4v) is 4.48. The summed E-state index contributed by atoms with van der Waals surface area (Å²) in [5.41, 5.74) is 5.60. The van der Waals surface area contributed by atoms with E-state index >= 15 is 0 Å². The number of pyridine rings is 1. The Bertz CT molecular complexity index is 1480. The molecule has 2 aromatic heterocycles. The highest BCUT2D eigenvalue weighted by molar-refractivity contribution is 6.31. The van der Waals surface area contributed by atoms with Crippen molar-refractivity contribution < 1.29 is 4.79 Å². The van der Waals surface area contributed by atoms with E-state index in [1.54, 1.807) is 12.1 Å².